The van der Waals surface area contributed by atoms with Crippen LogP contribution in [-0.2, 0) is 6.54 Å². The minimum absolute atomic E-state index is 0.232. The first-order valence-electron chi connectivity index (χ1n) is 7.27. The number of piperidine rings is 1. The second-order valence-electron chi connectivity index (χ2n) is 6.21. The Hall–Kier alpha value is -1.57. The molecule has 4 nitrogen and oxygen atoms in total. The minimum atomic E-state index is -0.232. The number of likely N-dealkylation sites (tertiary alicyclic amines) is 1. The Kier molecular flexibility index (Phi) is 3.64. The highest BCUT2D eigenvalue weighted by Gasteiger charge is 2.31. The van der Waals surface area contributed by atoms with Gasteiger partial charge < -0.3 is 4.40 Å². The number of nitriles is 1. The van der Waals surface area contributed by atoms with Gasteiger partial charge >= 0.3 is 0 Å². The van der Waals surface area contributed by atoms with Gasteiger partial charge in [-0.2, -0.15) is 5.26 Å². The number of nitrogens with zero attached hydrogens (tertiary/aromatic N) is 4. The molecule has 1 atom stereocenters. The van der Waals surface area contributed by atoms with E-state index in [-0.39, 0.29) is 5.41 Å². The van der Waals surface area contributed by atoms with Crippen molar-refractivity contribution in [2.75, 3.05) is 13.1 Å². The molecule has 0 radical (unpaired) electrons. The summed E-state index contributed by atoms with van der Waals surface area (Å²) in [5.41, 5.74) is 2.88. The van der Waals surface area contributed by atoms with Crippen molar-refractivity contribution in [3.63, 3.8) is 0 Å². The summed E-state index contributed by atoms with van der Waals surface area (Å²) in [5.74, 6) is 0. The number of aromatic nitrogens is 2. The third-order valence-electron chi connectivity index (χ3n) is 4.30. The van der Waals surface area contributed by atoms with Crippen molar-refractivity contribution in [2.45, 2.75) is 33.2 Å². The number of pyridine rings is 1. The molecule has 3 heterocycles. The predicted molar refractivity (Wildman–Crippen MR) is 83.2 cm³/mol. The second kappa shape index (κ2) is 5.32. The lowest BCUT2D eigenvalue weighted by Crippen LogP contribution is -2.40. The Labute approximate surface area is 130 Å². The lowest BCUT2D eigenvalue weighted by molar-refractivity contribution is 0.135. The Morgan fingerprint density at radius 3 is 3.05 bits per heavy atom. The van der Waals surface area contributed by atoms with Crippen LogP contribution in [0.2, 0.25) is 5.02 Å². The van der Waals surface area contributed by atoms with Crippen molar-refractivity contribution in [3.8, 4) is 6.07 Å². The fourth-order valence-electron chi connectivity index (χ4n) is 3.16. The molecule has 0 bridgehead atoms. The normalized spacial score (nSPS) is 23.3. The van der Waals surface area contributed by atoms with E-state index in [4.69, 9.17) is 11.6 Å². The van der Waals surface area contributed by atoms with E-state index in [1.807, 2.05) is 25.3 Å². The summed E-state index contributed by atoms with van der Waals surface area (Å²) < 4.78 is 2.07. The Bertz CT molecular complexity index is 715. The van der Waals surface area contributed by atoms with Crippen LogP contribution in [0.1, 0.15) is 31.2 Å². The van der Waals surface area contributed by atoms with Gasteiger partial charge in [-0.15, -0.1) is 0 Å². The maximum Gasteiger partial charge on any atom is 0.137 e. The van der Waals surface area contributed by atoms with Gasteiger partial charge in [-0.1, -0.05) is 11.6 Å². The molecule has 0 spiro atoms. The zero-order valence-electron chi connectivity index (χ0n) is 12.4. The largest absolute Gasteiger partial charge is 0.301 e. The molecular formula is C16H19ClN4. The third-order valence-corrected chi connectivity index (χ3v) is 4.52. The van der Waals surface area contributed by atoms with E-state index >= 15 is 0 Å². The molecular weight excluding hydrogens is 284 g/mol. The lowest BCUT2D eigenvalue weighted by Gasteiger charge is -2.35. The molecule has 1 aliphatic heterocycles. The predicted octanol–water partition coefficient (Wildman–Crippen LogP) is 3.42. The SMILES string of the molecule is Cc1nc2ccc(Cl)cn2c1CN1CCC[C@@](C)(C#N)C1. The van der Waals surface area contributed by atoms with Crippen LogP contribution in [0, 0.1) is 23.7 Å². The minimum Gasteiger partial charge on any atom is -0.301 e. The molecule has 2 aromatic rings. The molecule has 21 heavy (non-hydrogen) atoms. The molecule has 3 rings (SSSR count). The molecule has 1 aliphatic rings. The summed E-state index contributed by atoms with van der Waals surface area (Å²) in [6, 6.07) is 6.27. The highest BCUT2D eigenvalue weighted by atomic mass is 35.5. The van der Waals surface area contributed by atoms with Gasteiger partial charge in [-0.25, -0.2) is 4.98 Å². The van der Waals surface area contributed by atoms with E-state index in [0.29, 0.717) is 5.02 Å². The van der Waals surface area contributed by atoms with Crippen LogP contribution in [0.25, 0.3) is 5.65 Å². The lowest BCUT2D eigenvalue weighted by atomic mass is 9.83. The van der Waals surface area contributed by atoms with Crippen molar-refractivity contribution in [3.05, 3.63) is 34.7 Å². The van der Waals surface area contributed by atoms with Crippen molar-refractivity contribution in [1.29, 1.82) is 5.26 Å². The molecule has 0 aromatic carbocycles. The quantitative estimate of drug-likeness (QED) is 0.854. The van der Waals surface area contributed by atoms with Crippen LogP contribution in [0.15, 0.2) is 18.3 Å². The molecule has 2 aromatic heterocycles. The Morgan fingerprint density at radius 1 is 1.48 bits per heavy atom. The molecule has 110 valence electrons. The molecule has 0 aliphatic carbocycles. The van der Waals surface area contributed by atoms with Gasteiger partial charge in [0.2, 0.25) is 0 Å². The Balaban J connectivity index is 1.90. The maximum absolute atomic E-state index is 9.35. The number of halogens is 1. The van der Waals surface area contributed by atoms with Crippen molar-refractivity contribution in [1.82, 2.24) is 14.3 Å². The van der Waals surface area contributed by atoms with Crippen LogP contribution in [-0.4, -0.2) is 27.4 Å². The molecule has 0 saturated carbocycles. The number of aryl methyl sites for hydroxylation is 1. The molecule has 5 heteroatoms. The molecule has 0 unspecified atom stereocenters. The number of hydrogen-bond donors (Lipinski definition) is 0. The molecule has 1 saturated heterocycles. The van der Waals surface area contributed by atoms with Gasteiger partial charge in [0.05, 0.1) is 27.9 Å². The van der Waals surface area contributed by atoms with Crippen LogP contribution in [0.3, 0.4) is 0 Å². The summed E-state index contributed by atoms with van der Waals surface area (Å²) >= 11 is 6.11. The van der Waals surface area contributed by atoms with E-state index in [9.17, 15) is 5.26 Å². The first-order chi connectivity index (χ1) is 10.0. The van der Waals surface area contributed by atoms with Gasteiger partial charge in [-0.05, 0) is 45.4 Å². The van der Waals surface area contributed by atoms with Crippen LogP contribution in [0.4, 0.5) is 0 Å². The highest BCUT2D eigenvalue weighted by molar-refractivity contribution is 6.30. The summed E-state index contributed by atoms with van der Waals surface area (Å²) in [6.45, 7) is 6.74. The van der Waals surface area contributed by atoms with Gasteiger partial charge in [0.1, 0.15) is 5.65 Å². The van der Waals surface area contributed by atoms with Crippen molar-refractivity contribution in [2.24, 2.45) is 5.41 Å². The van der Waals surface area contributed by atoms with Crippen LogP contribution < -0.4 is 0 Å². The first kappa shape index (κ1) is 14.4. The fraction of sp³-hybridized carbons (Fsp3) is 0.500. The average Bonchev–Trinajstić information content (AvgIpc) is 2.75. The summed E-state index contributed by atoms with van der Waals surface area (Å²) in [7, 11) is 0. The number of imidazole rings is 1. The van der Waals surface area contributed by atoms with Gasteiger partial charge in [0.15, 0.2) is 0 Å². The van der Waals surface area contributed by atoms with E-state index in [1.165, 1.54) is 0 Å². The summed E-state index contributed by atoms with van der Waals surface area (Å²) in [6.07, 6.45) is 3.97. The first-order valence-corrected chi connectivity index (χ1v) is 7.65. The molecule has 0 amide bonds. The summed E-state index contributed by atoms with van der Waals surface area (Å²) in [5, 5.41) is 10.1. The van der Waals surface area contributed by atoms with Gasteiger partial charge in [0.25, 0.3) is 0 Å². The number of fused-ring (bicyclic) bond motifs is 1. The smallest absolute Gasteiger partial charge is 0.137 e. The van der Waals surface area contributed by atoms with Crippen molar-refractivity contribution < 1.29 is 0 Å². The van der Waals surface area contributed by atoms with E-state index in [0.717, 1.165) is 49.5 Å². The maximum atomic E-state index is 9.35. The topological polar surface area (TPSA) is 44.3 Å². The average molecular weight is 303 g/mol. The zero-order chi connectivity index (χ0) is 15.0. The molecule has 1 fully saturated rings. The van der Waals surface area contributed by atoms with E-state index in [1.54, 1.807) is 0 Å². The zero-order valence-corrected chi connectivity index (χ0v) is 13.2. The van der Waals surface area contributed by atoms with Crippen molar-refractivity contribution >= 4 is 17.2 Å². The number of hydrogen-bond acceptors (Lipinski definition) is 3. The Morgan fingerprint density at radius 2 is 2.29 bits per heavy atom. The highest BCUT2D eigenvalue weighted by Crippen LogP contribution is 2.29. The number of rotatable bonds is 2. The van der Waals surface area contributed by atoms with Gasteiger partial charge in [-0.3, -0.25) is 4.90 Å². The second-order valence-corrected chi connectivity index (χ2v) is 6.64. The monoisotopic (exact) mass is 302 g/mol. The van der Waals surface area contributed by atoms with Gasteiger partial charge in [0, 0.05) is 19.3 Å². The standard InChI is InChI=1S/C16H19ClN4/c1-12-14(21-8-13(17)4-5-15(21)19-12)9-20-7-3-6-16(2,10-18)11-20/h4-5,8H,3,6-7,9,11H2,1-2H3/t16-/m0/s1. The fourth-order valence-corrected chi connectivity index (χ4v) is 3.32. The van der Waals surface area contributed by atoms with Crippen LogP contribution in [0.5, 0.6) is 0 Å². The van der Waals surface area contributed by atoms with Crippen LogP contribution >= 0.6 is 11.6 Å². The third kappa shape index (κ3) is 2.76. The summed E-state index contributed by atoms with van der Waals surface area (Å²) in [4.78, 5) is 6.94. The van der Waals surface area contributed by atoms with E-state index in [2.05, 4.69) is 27.3 Å². The van der Waals surface area contributed by atoms with E-state index < -0.39 is 0 Å². The molecule has 0 N–H and O–H groups in total.